The van der Waals surface area contributed by atoms with Crippen molar-refractivity contribution < 1.29 is 41.4 Å². The SMILES string of the molecule is COC(=O)N[C@@H](CC/C=C/C(=O)N(C)C)C(=O)Nc1cccn(Cc2nc3c(Oc4ccc(F)cc4F)c(F)cc(F)c3[nH]2)c1=O. The lowest BCUT2D eigenvalue weighted by Gasteiger charge is -2.17. The lowest BCUT2D eigenvalue weighted by molar-refractivity contribution is -0.123. The number of benzene rings is 2. The van der Waals surface area contributed by atoms with E-state index < -0.39 is 58.4 Å². The molecule has 0 saturated heterocycles. The lowest BCUT2D eigenvalue weighted by atomic mass is 10.1. The monoisotopic (exact) mass is 644 g/mol. The number of likely N-dealkylation sites (N-methyl/N-ethyl adjacent to an activating group) is 1. The van der Waals surface area contributed by atoms with Crippen LogP contribution < -0.4 is 20.9 Å². The largest absolute Gasteiger partial charge is 0.453 e. The number of anilines is 1. The van der Waals surface area contributed by atoms with E-state index in [-0.39, 0.29) is 47.8 Å². The zero-order valence-electron chi connectivity index (χ0n) is 24.7. The molecule has 2 aromatic heterocycles. The molecule has 0 spiro atoms. The van der Waals surface area contributed by atoms with Gasteiger partial charge < -0.3 is 34.6 Å². The molecule has 0 aliphatic heterocycles. The van der Waals surface area contributed by atoms with E-state index in [0.29, 0.717) is 12.1 Å². The maximum Gasteiger partial charge on any atom is 0.407 e. The van der Waals surface area contributed by atoms with Gasteiger partial charge in [-0.15, -0.1) is 0 Å². The molecule has 0 aliphatic carbocycles. The van der Waals surface area contributed by atoms with Crippen molar-refractivity contribution in [1.82, 2.24) is 24.8 Å². The molecule has 46 heavy (non-hydrogen) atoms. The number of carbonyl (C=O) groups is 3. The lowest BCUT2D eigenvalue weighted by Crippen LogP contribution is -2.44. The molecule has 0 saturated carbocycles. The van der Waals surface area contributed by atoms with Crippen LogP contribution in [0, 0.1) is 23.3 Å². The molecule has 4 aromatic rings. The Kier molecular flexibility index (Phi) is 10.4. The number of aromatic nitrogens is 3. The van der Waals surface area contributed by atoms with Gasteiger partial charge in [0.1, 0.15) is 34.4 Å². The van der Waals surface area contributed by atoms with Crippen LogP contribution >= 0.6 is 0 Å². The number of amides is 3. The second-order valence-corrected chi connectivity index (χ2v) is 10.00. The van der Waals surface area contributed by atoms with Gasteiger partial charge in [-0.25, -0.2) is 27.3 Å². The van der Waals surface area contributed by atoms with Crippen molar-refractivity contribution in [2.75, 3.05) is 26.5 Å². The molecule has 2 heterocycles. The van der Waals surface area contributed by atoms with Crippen molar-refractivity contribution in [3.63, 3.8) is 0 Å². The smallest absolute Gasteiger partial charge is 0.407 e. The number of allylic oxidation sites excluding steroid dienone is 1. The minimum absolute atomic E-state index is 0.0289. The summed E-state index contributed by atoms with van der Waals surface area (Å²) >= 11 is 0. The molecule has 0 fully saturated rings. The number of fused-ring (bicyclic) bond motifs is 1. The van der Waals surface area contributed by atoms with Gasteiger partial charge in [0.15, 0.2) is 29.0 Å². The first-order chi connectivity index (χ1) is 21.9. The van der Waals surface area contributed by atoms with Gasteiger partial charge in [0.25, 0.3) is 5.56 Å². The highest BCUT2D eigenvalue weighted by Gasteiger charge is 2.23. The third kappa shape index (κ3) is 7.88. The second kappa shape index (κ2) is 14.4. The Morgan fingerprint density at radius 2 is 1.85 bits per heavy atom. The number of nitrogens with zero attached hydrogens (tertiary/aromatic N) is 3. The number of halogens is 4. The van der Waals surface area contributed by atoms with E-state index in [0.717, 1.165) is 23.8 Å². The van der Waals surface area contributed by atoms with Gasteiger partial charge in [-0.1, -0.05) is 6.08 Å². The van der Waals surface area contributed by atoms with Crippen LogP contribution in [0.5, 0.6) is 11.5 Å². The third-order valence-corrected chi connectivity index (χ3v) is 6.50. The topological polar surface area (TPSA) is 148 Å². The fourth-order valence-electron chi connectivity index (χ4n) is 4.17. The predicted octanol–water partition coefficient (Wildman–Crippen LogP) is 4.21. The van der Waals surface area contributed by atoms with Crippen molar-refractivity contribution in [3.8, 4) is 11.5 Å². The van der Waals surface area contributed by atoms with E-state index in [1.807, 2.05) is 0 Å². The van der Waals surface area contributed by atoms with Gasteiger partial charge in [-0.2, -0.15) is 0 Å². The van der Waals surface area contributed by atoms with E-state index in [1.165, 1.54) is 35.4 Å². The minimum atomic E-state index is -1.21. The molecular formula is C30H28F4N6O6. The molecule has 2 aromatic carbocycles. The summed E-state index contributed by atoms with van der Waals surface area (Å²) < 4.78 is 67.8. The molecule has 16 heteroatoms. The normalized spacial score (nSPS) is 11.8. The molecule has 0 aliphatic rings. The van der Waals surface area contributed by atoms with Gasteiger partial charge >= 0.3 is 6.09 Å². The van der Waals surface area contributed by atoms with Gasteiger partial charge in [0.2, 0.25) is 11.8 Å². The van der Waals surface area contributed by atoms with E-state index in [1.54, 1.807) is 14.1 Å². The summed E-state index contributed by atoms with van der Waals surface area (Å²) in [4.78, 5) is 58.0. The van der Waals surface area contributed by atoms with Crippen LogP contribution in [0.1, 0.15) is 18.7 Å². The van der Waals surface area contributed by atoms with Crippen LogP contribution in [-0.2, 0) is 20.9 Å². The highest BCUT2D eigenvalue weighted by atomic mass is 19.1. The Morgan fingerprint density at radius 3 is 2.54 bits per heavy atom. The van der Waals surface area contributed by atoms with E-state index in [4.69, 9.17) is 4.74 Å². The molecule has 3 amide bonds. The number of pyridine rings is 1. The van der Waals surface area contributed by atoms with Crippen molar-refractivity contribution in [2.45, 2.75) is 25.4 Å². The quantitative estimate of drug-likeness (QED) is 0.164. The summed E-state index contributed by atoms with van der Waals surface area (Å²) in [6, 6.07) is 4.46. The van der Waals surface area contributed by atoms with E-state index >= 15 is 0 Å². The Morgan fingerprint density at radius 1 is 1.09 bits per heavy atom. The standard InChI is InChI=1S/C30H28F4N6O6/c1-39(2)24(41)9-5-4-7-20(36-30(44)45-3)28(42)35-21-8-6-12-40(29(21)43)15-23-37-25-18(33)14-19(34)27(26(25)38-23)46-22-11-10-16(31)13-17(22)32/h5-6,8-14,20H,4,7,15H2,1-3H3,(H,35,42)(H,36,44)(H,37,38)/b9-5+/t20-/m0/s1. The fourth-order valence-corrected chi connectivity index (χ4v) is 4.17. The van der Waals surface area contributed by atoms with Crippen LogP contribution in [0.2, 0.25) is 0 Å². The average molecular weight is 645 g/mol. The molecular weight excluding hydrogens is 616 g/mol. The molecule has 3 N–H and O–H groups in total. The zero-order chi connectivity index (χ0) is 33.5. The van der Waals surface area contributed by atoms with Crippen LogP contribution in [0.4, 0.5) is 28.0 Å². The summed E-state index contributed by atoms with van der Waals surface area (Å²) in [6.07, 6.45) is 3.60. The summed E-state index contributed by atoms with van der Waals surface area (Å²) in [7, 11) is 4.26. The Hall–Kier alpha value is -5.67. The highest BCUT2D eigenvalue weighted by molar-refractivity contribution is 5.96. The number of ether oxygens (including phenoxy) is 2. The number of methoxy groups -OCH3 is 1. The summed E-state index contributed by atoms with van der Waals surface area (Å²) in [6.45, 7) is -0.308. The summed E-state index contributed by atoms with van der Waals surface area (Å²) in [5.74, 6) is -6.48. The van der Waals surface area contributed by atoms with E-state index in [2.05, 4.69) is 25.3 Å². The van der Waals surface area contributed by atoms with Crippen molar-refractivity contribution >= 4 is 34.6 Å². The number of hydrogen-bond donors (Lipinski definition) is 3. The van der Waals surface area contributed by atoms with Gasteiger partial charge in [-0.05, 0) is 43.2 Å². The Balaban J connectivity index is 1.56. The number of alkyl carbamates (subject to hydrolysis) is 1. The first-order valence-electron chi connectivity index (χ1n) is 13.6. The van der Waals surface area contributed by atoms with Crippen molar-refractivity contribution in [1.29, 1.82) is 0 Å². The fraction of sp³-hybridized carbons (Fsp3) is 0.233. The van der Waals surface area contributed by atoms with Gasteiger partial charge in [0.05, 0.1) is 13.7 Å². The molecule has 0 unspecified atom stereocenters. The maximum absolute atomic E-state index is 14.7. The third-order valence-electron chi connectivity index (χ3n) is 6.50. The number of nitrogens with one attached hydrogen (secondary N) is 3. The first-order valence-corrected chi connectivity index (χ1v) is 13.6. The number of aromatic amines is 1. The number of hydrogen-bond acceptors (Lipinski definition) is 7. The second-order valence-electron chi connectivity index (χ2n) is 10.00. The summed E-state index contributed by atoms with van der Waals surface area (Å²) in [5.41, 5.74) is -1.54. The van der Waals surface area contributed by atoms with Gasteiger partial charge in [-0.3, -0.25) is 14.4 Å². The predicted molar refractivity (Wildman–Crippen MR) is 157 cm³/mol. The summed E-state index contributed by atoms with van der Waals surface area (Å²) in [5, 5.41) is 4.84. The Labute approximate surface area is 258 Å². The number of carbonyl (C=O) groups excluding carboxylic acids is 3. The van der Waals surface area contributed by atoms with Crippen LogP contribution in [0.25, 0.3) is 11.0 Å². The van der Waals surface area contributed by atoms with Crippen LogP contribution in [-0.4, -0.2) is 64.6 Å². The van der Waals surface area contributed by atoms with Crippen LogP contribution in [0.15, 0.2) is 59.5 Å². The van der Waals surface area contributed by atoms with E-state index in [9.17, 15) is 36.7 Å². The Bertz CT molecular complexity index is 1870. The van der Waals surface area contributed by atoms with Crippen molar-refractivity contribution in [2.24, 2.45) is 0 Å². The molecule has 12 nitrogen and oxygen atoms in total. The average Bonchev–Trinajstić information content (AvgIpc) is 3.43. The molecule has 4 rings (SSSR count). The number of H-pyrrole nitrogens is 1. The molecule has 242 valence electrons. The maximum atomic E-state index is 14.7. The molecule has 0 bridgehead atoms. The first kappa shape index (κ1) is 33.2. The minimum Gasteiger partial charge on any atom is -0.453 e. The molecule has 1 atom stereocenters. The zero-order valence-corrected chi connectivity index (χ0v) is 24.7. The molecule has 0 radical (unpaired) electrons. The van der Waals surface area contributed by atoms with Crippen molar-refractivity contribution in [3.05, 3.63) is 94.2 Å². The highest BCUT2D eigenvalue weighted by Crippen LogP contribution is 2.34. The number of imidazole rings is 1. The van der Waals surface area contributed by atoms with Gasteiger partial charge in [0, 0.05) is 32.4 Å². The number of rotatable bonds is 11. The van der Waals surface area contributed by atoms with Crippen LogP contribution in [0.3, 0.4) is 0 Å².